The van der Waals surface area contributed by atoms with E-state index in [9.17, 15) is 18.0 Å². The summed E-state index contributed by atoms with van der Waals surface area (Å²) in [5, 5.41) is 0. The summed E-state index contributed by atoms with van der Waals surface area (Å²) in [6.45, 7) is 0. The number of alkyl halides is 3. The lowest BCUT2D eigenvalue weighted by molar-refractivity contribution is -0.137. The minimum atomic E-state index is -4.53. The van der Waals surface area contributed by atoms with Crippen LogP contribution in [0.4, 0.5) is 13.2 Å². The summed E-state index contributed by atoms with van der Waals surface area (Å²) in [5.41, 5.74) is -1.31. The van der Waals surface area contributed by atoms with E-state index in [0.717, 1.165) is 6.07 Å². The van der Waals surface area contributed by atoms with Crippen LogP contribution in [-0.4, -0.2) is 4.98 Å². The Balaban J connectivity index is 2.57. The molecule has 0 spiro atoms. The summed E-state index contributed by atoms with van der Waals surface area (Å²) >= 11 is 0. The monoisotopic (exact) mass is 229 g/mol. The van der Waals surface area contributed by atoms with Gasteiger partial charge in [0.25, 0.3) is 0 Å². The smallest absolute Gasteiger partial charge is 0.416 e. The number of hydrogen-bond acceptors (Lipinski definition) is 2. The molecule has 0 unspecified atom stereocenters. The maximum Gasteiger partial charge on any atom is 0.416 e. The molecule has 2 rings (SSSR count). The van der Waals surface area contributed by atoms with Crippen molar-refractivity contribution in [3.8, 4) is 11.3 Å². The van der Waals surface area contributed by atoms with Crippen LogP contribution in [0.15, 0.2) is 39.9 Å². The number of rotatable bonds is 1. The van der Waals surface area contributed by atoms with Gasteiger partial charge in [-0.2, -0.15) is 13.2 Å². The molecule has 0 bridgehead atoms. The molecule has 0 saturated heterocycles. The third-order valence-corrected chi connectivity index (χ3v) is 2.00. The second-order valence-corrected chi connectivity index (χ2v) is 3.16. The second kappa shape index (κ2) is 3.55. The molecule has 16 heavy (non-hydrogen) atoms. The Morgan fingerprint density at radius 1 is 1.25 bits per heavy atom. The molecular formula is C10H6F3NO2. The van der Waals surface area contributed by atoms with Crippen LogP contribution in [0.2, 0.25) is 0 Å². The Bertz CT molecular complexity index is 540. The SMILES string of the molecule is O=c1cc(C(F)(F)F)cc(-c2ccoc2)[nH]1. The topological polar surface area (TPSA) is 46.0 Å². The molecule has 2 aromatic rings. The van der Waals surface area contributed by atoms with Gasteiger partial charge in [-0.25, -0.2) is 0 Å². The molecule has 84 valence electrons. The first-order chi connectivity index (χ1) is 7.47. The summed E-state index contributed by atoms with van der Waals surface area (Å²) in [5.74, 6) is 0. The van der Waals surface area contributed by atoms with Gasteiger partial charge in [0.2, 0.25) is 5.56 Å². The molecule has 0 saturated carbocycles. The van der Waals surface area contributed by atoms with E-state index < -0.39 is 17.3 Å². The van der Waals surface area contributed by atoms with Crippen molar-refractivity contribution < 1.29 is 17.6 Å². The van der Waals surface area contributed by atoms with Crippen LogP contribution in [0.3, 0.4) is 0 Å². The zero-order valence-corrected chi connectivity index (χ0v) is 7.84. The van der Waals surface area contributed by atoms with Crippen molar-refractivity contribution in [2.45, 2.75) is 6.18 Å². The van der Waals surface area contributed by atoms with E-state index in [-0.39, 0.29) is 5.69 Å². The van der Waals surface area contributed by atoms with Crippen LogP contribution < -0.4 is 5.56 Å². The Hall–Kier alpha value is -1.98. The molecule has 2 heterocycles. The standard InChI is InChI=1S/C10H6F3NO2/c11-10(12,13)7-3-8(14-9(15)4-7)6-1-2-16-5-6/h1-5H,(H,14,15). The first kappa shape index (κ1) is 10.5. The summed E-state index contributed by atoms with van der Waals surface area (Å²) in [7, 11) is 0. The Morgan fingerprint density at radius 2 is 2.00 bits per heavy atom. The van der Waals surface area contributed by atoms with Crippen molar-refractivity contribution in [3.05, 3.63) is 46.6 Å². The minimum Gasteiger partial charge on any atom is -0.472 e. The van der Waals surface area contributed by atoms with E-state index in [0.29, 0.717) is 11.6 Å². The molecule has 3 nitrogen and oxygen atoms in total. The number of H-pyrrole nitrogens is 1. The number of aromatic nitrogens is 1. The van der Waals surface area contributed by atoms with Gasteiger partial charge in [-0.3, -0.25) is 4.79 Å². The van der Waals surface area contributed by atoms with Gasteiger partial charge in [-0.1, -0.05) is 0 Å². The molecular weight excluding hydrogens is 223 g/mol. The summed E-state index contributed by atoms with van der Waals surface area (Å²) in [6.07, 6.45) is -1.97. The van der Waals surface area contributed by atoms with Gasteiger partial charge in [0.15, 0.2) is 0 Å². The molecule has 1 N–H and O–H groups in total. The molecule has 0 aliphatic heterocycles. The van der Waals surface area contributed by atoms with Crippen LogP contribution in [-0.2, 0) is 6.18 Å². The van der Waals surface area contributed by atoms with Gasteiger partial charge < -0.3 is 9.40 Å². The first-order valence-corrected chi connectivity index (χ1v) is 4.31. The second-order valence-electron chi connectivity index (χ2n) is 3.16. The molecule has 0 aliphatic carbocycles. The number of aromatic amines is 1. The Kier molecular flexibility index (Phi) is 2.34. The van der Waals surface area contributed by atoms with E-state index >= 15 is 0 Å². The molecule has 6 heteroatoms. The number of halogens is 3. The quantitative estimate of drug-likeness (QED) is 0.817. The molecule has 0 atom stereocenters. The fourth-order valence-electron chi connectivity index (χ4n) is 1.28. The van der Waals surface area contributed by atoms with Gasteiger partial charge in [-0.15, -0.1) is 0 Å². The molecule has 0 aliphatic rings. The van der Waals surface area contributed by atoms with Gasteiger partial charge >= 0.3 is 6.18 Å². The van der Waals surface area contributed by atoms with E-state index in [4.69, 9.17) is 4.42 Å². The van der Waals surface area contributed by atoms with Crippen LogP contribution in [0.1, 0.15) is 5.56 Å². The van der Waals surface area contributed by atoms with Crippen molar-refractivity contribution in [2.24, 2.45) is 0 Å². The summed E-state index contributed by atoms with van der Waals surface area (Å²) < 4.78 is 42.0. The largest absolute Gasteiger partial charge is 0.472 e. The number of nitrogens with one attached hydrogen (secondary N) is 1. The molecule has 0 aromatic carbocycles. The normalized spacial score (nSPS) is 11.7. The summed E-state index contributed by atoms with van der Waals surface area (Å²) in [6, 6.07) is 2.85. The third-order valence-electron chi connectivity index (χ3n) is 2.00. The van der Waals surface area contributed by atoms with E-state index in [1.807, 2.05) is 0 Å². The first-order valence-electron chi connectivity index (χ1n) is 4.31. The molecule has 0 radical (unpaired) electrons. The van der Waals surface area contributed by atoms with Crippen LogP contribution >= 0.6 is 0 Å². The maximum absolute atomic E-state index is 12.4. The Morgan fingerprint density at radius 3 is 2.56 bits per heavy atom. The fourth-order valence-corrected chi connectivity index (χ4v) is 1.28. The zero-order valence-electron chi connectivity index (χ0n) is 7.84. The van der Waals surface area contributed by atoms with E-state index in [2.05, 4.69) is 4.98 Å². The van der Waals surface area contributed by atoms with Crippen molar-refractivity contribution in [1.82, 2.24) is 4.98 Å². The summed E-state index contributed by atoms with van der Waals surface area (Å²) in [4.78, 5) is 13.4. The highest BCUT2D eigenvalue weighted by Crippen LogP contribution is 2.30. The molecule has 2 aromatic heterocycles. The van der Waals surface area contributed by atoms with Crippen molar-refractivity contribution >= 4 is 0 Å². The van der Waals surface area contributed by atoms with E-state index in [1.165, 1.54) is 18.6 Å². The van der Waals surface area contributed by atoms with Crippen molar-refractivity contribution in [2.75, 3.05) is 0 Å². The van der Waals surface area contributed by atoms with Crippen LogP contribution in [0, 0.1) is 0 Å². The van der Waals surface area contributed by atoms with Gasteiger partial charge in [-0.05, 0) is 12.1 Å². The highest BCUT2D eigenvalue weighted by molar-refractivity contribution is 5.58. The van der Waals surface area contributed by atoms with Gasteiger partial charge in [0, 0.05) is 11.6 Å². The highest BCUT2D eigenvalue weighted by atomic mass is 19.4. The predicted octanol–water partition coefficient (Wildman–Crippen LogP) is 2.65. The zero-order chi connectivity index (χ0) is 11.8. The molecule has 0 fully saturated rings. The van der Waals surface area contributed by atoms with Crippen LogP contribution in [0.5, 0.6) is 0 Å². The minimum absolute atomic E-state index is 0.0774. The maximum atomic E-state index is 12.4. The van der Waals surface area contributed by atoms with Crippen molar-refractivity contribution in [1.29, 1.82) is 0 Å². The number of hydrogen-bond donors (Lipinski definition) is 1. The van der Waals surface area contributed by atoms with E-state index in [1.54, 1.807) is 0 Å². The number of furan rings is 1. The number of pyridine rings is 1. The predicted molar refractivity (Wildman–Crippen MR) is 49.8 cm³/mol. The van der Waals surface area contributed by atoms with Gasteiger partial charge in [0.1, 0.15) is 0 Å². The fraction of sp³-hybridized carbons (Fsp3) is 0.100. The molecule has 0 amide bonds. The van der Waals surface area contributed by atoms with Crippen molar-refractivity contribution in [3.63, 3.8) is 0 Å². The lowest BCUT2D eigenvalue weighted by Crippen LogP contribution is -2.13. The average molecular weight is 229 g/mol. The average Bonchev–Trinajstić information content (AvgIpc) is 2.68. The van der Waals surface area contributed by atoms with Gasteiger partial charge in [0.05, 0.1) is 23.8 Å². The van der Waals surface area contributed by atoms with Crippen LogP contribution in [0.25, 0.3) is 11.3 Å². The lowest BCUT2D eigenvalue weighted by atomic mass is 10.1. The third kappa shape index (κ3) is 2.00. The lowest BCUT2D eigenvalue weighted by Gasteiger charge is -2.07. The Labute approximate surface area is 87.5 Å². The highest BCUT2D eigenvalue weighted by Gasteiger charge is 2.31.